The Hall–Kier alpha value is -2.92. The minimum Gasteiger partial charge on any atom is -0.378 e. The van der Waals surface area contributed by atoms with Crippen molar-refractivity contribution in [2.75, 3.05) is 67.2 Å². The molecule has 2 aliphatic heterocycles. The molecule has 8 heteroatoms. The molecular weight excluding hydrogens is 347 g/mol. The summed E-state index contributed by atoms with van der Waals surface area (Å²) in [4.78, 5) is 15.2. The van der Waals surface area contributed by atoms with Gasteiger partial charge in [-0.05, 0) is 24.3 Å². The fourth-order valence-electron chi connectivity index (χ4n) is 3.55. The number of halogens is 1. The summed E-state index contributed by atoms with van der Waals surface area (Å²) in [6.07, 6.45) is 1.54. The highest BCUT2D eigenvalue weighted by atomic mass is 19.1. The Morgan fingerprint density at radius 2 is 1.41 bits per heavy atom. The number of morpholine rings is 1. The van der Waals surface area contributed by atoms with E-state index in [4.69, 9.17) is 4.74 Å². The van der Waals surface area contributed by atoms with Crippen LogP contribution in [-0.2, 0) is 4.74 Å². The number of benzene rings is 1. The molecule has 0 unspecified atom stereocenters. The van der Waals surface area contributed by atoms with Crippen molar-refractivity contribution in [2.24, 2.45) is 0 Å². The van der Waals surface area contributed by atoms with Crippen LogP contribution in [0.4, 0.5) is 21.7 Å². The highest BCUT2D eigenvalue weighted by molar-refractivity contribution is 5.67. The van der Waals surface area contributed by atoms with Crippen molar-refractivity contribution in [3.63, 3.8) is 0 Å². The normalized spacial score (nSPS) is 17.7. The van der Waals surface area contributed by atoms with Crippen LogP contribution in [0.2, 0.25) is 0 Å². The van der Waals surface area contributed by atoms with Gasteiger partial charge in [-0.2, -0.15) is 5.26 Å². The molecule has 4 rings (SSSR count). The van der Waals surface area contributed by atoms with Crippen LogP contribution in [0.15, 0.2) is 30.6 Å². The van der Waals surface area contributed by atoms with Crippen molar-refractivity contribution in [3.8, 4) is 6.07 Å². The highest BCUT2D eigenvalue weighted by Gasteiger charge is 2.25. The smallest absolute Gasteiger partial charge is 0.152 e. The summed E-state index contributed by atoms with van der Waals surface area (Å²) in [5, 5.41) is 9.76. The SMILES string of the molecule is N#Cc1c(N2CCOCC2)ncnc1N1CCN(c2ccc(F)cc2)CC1. The Labute approximate surface area is 157 Å². The molecule has 2 saturated heterocycles. The number of nitrogens with zero attached hydrogens (tertiary/aromatic N) is 6. The predicted molar refractivity (Wildman–Crippen MR) is 101 cm³/mol. The fraction of sp³-hybridized carbons (Fsp3) is 0.421. The second kappa shape index (κ2) is 7.76. The van der Waals surface area contributed by atoms with Gasteiger partial charge in [-0.1, -0.05) is 0 Å². The molecule has 1 aromatic carbocycles. The summed E-state index contributed by atoms with van der Waals surface area (Å²) in [6, 6.07) is 8.86. The van der Waals surface area contributed by atoms with Gasteiger partial charge in [0, 0.05) is 45.0 Å². The maximum absolute atomic E-state index is 13.1. The molecule has 0 bridgehead atoms. The average molecular weight is 368 g/mol. The largest absolute Gasteiger partial charge is 0.378 e. The quantitative estimate of drug-likeness (QED) is 0.816. The molecular formula is C19H21FN6O. The van der Waals surface area contributed by atoms with Gasteiger partial charge in [-0.25, -0.2) is 14.4 Å². The molecule has 0 amide bonds. The van der Waals surface area contributed by atoms with E-state index in [0.29, 0.717) is 30.4 Å². The maximum Gasteiger partial charge on any atom is 0.152 e. The molecule has 0 N–H and O–H groups in total. The highest BCUT2D eigenvalue weighted by Crippen LogP contribution is 2.27. The zero-order chi connectivity index (χ0) is 18.6. The first-order valence-electron chi connectivity index (χ1n) is 9.09. The number of ether oxygens (including phenoxy) is 1. The van der Waals surface area contributed by atoms with Gasteiger partial charge in [0.25, 0.3) is 0 Å². The summed E-state index contributed by atoms with van der Waals surface area (Å²) in [6.45, 7) is 5.78. The molecule has 0 aliphatic carbocycles. The van der Waals surface area contributed by atoms with Crippen LogP contribution in [-0.4, -0.2) is 62.5 Å². The van der Waals surface area contributed by atoms with Crippen LogP contribution in [0.3, 0.4) is 0 Å². The third-order valence-electron chi connectivity index (χ3n) is 5.00. The van der Waals surface area contributed by atoms with Crippen LogP contribution in [0, 0.1) is 17.1 Å². The van der Waals surface area contributed by atoms with E-state index in [-0.39, 0.29) is 5.82 Å². The first-order chi connectivity index (χ1) is 13.3. The Morgan fingerprint density at radius 3 is 2.00 bits per heavy atom. The molecule has 2 fully saturated rings. The van der Waals surface area contributed by atoms with E-state index in [2.05, 4.69) is 30.7 Å². The minimum atomic E-state index is -0.229. The van der Waals surface area contributed by atoms with E-state index >= 15 is 0 Å². The molecule has 7 nitrogen and oxygen atoms in total. The monoisotopic (exact) mass is 368 g/mol. The number of hydrogen-bond donors (Lipinski definition) is 0. The molecule has 2 aliphatic rings. The van der Waals surface area contributed by atoms with Crippen LogP contribution < -0.4 is 14.7 Å². The predicted octanol–water partition coefficient (Wildman–Crippen LogP) is 1.65. The lowest BCUT2D eigenvalue weighted by Crippen LogP contribution is -2.47. The van der Waals surface area contributed by atoms with Crippen molar-refractivity contribution < 1.29 is 9.13 Å². The van der Waals surface area contributed by atoms with Crippen molar-refractivity contribution >= 4 is 17.3 Å². The first-order valence-corrected chi connectivity index (χ1v) is 9.09. The summed E-state index contributed by atoms with van der Waals surface area (Å²) in [5.74, 6) is 1.15. The van der Waals surface area contributed by atoms with Crippen molar-refractivity contribution in [1.29, 1.82) is 5.26 Å². The second-order valence-corrected chi connectivity index (χ2v) is 6.56. The van der Waals surface area contributed by atoms with Gasteiger partial charge in [0.1, 0.15) is 23.8 Å². The van der Waals surface area contributed by atoms with E-state index in [1.165, 1.54) is 18.5 Å². The Bertz CT molecular complexity index is 823. The Kier molecular flexibility index (Phi) is 5.03. The van der Waals surface area contributed by atoms with Gasteiger partial charge < -0.3 is 19.4 Å². The van der Waals surface area contributed by atoms with Gasteiger partial charge in [-0.15, -0.1) is 0 Å². The molecule has 0 atom stereocenters. The second-order valence-electron chi connectivity index (χ2n) is 6.56. The van der Waals surface area contributed by atoms with E-state index in [1.807, 2.05) is 0 Å². The van der Waals surface area contributed by atoms with E-state index in [9.17, 15) is 9.65 Å². The van der Waals surface area contributed by atoms with Crippen LogP contribution in [0.5, 0.6) is 0 Å². The summed E-state index contributed by atoms with van der Waals surface area (Å²) < 4.78 is 18.5. The van der Waals surface area contributed by atoms with E-state index in [0.717, 1.165) is 45.0 Å². The molecule has 1 aromatic heterocycles. The maximum atomic E-state index is 13.1. The van der Waals surface area contributed by atoms with Crippen molar-refractivity contribution in [2.45, 2.75) is 0 Å². The van der Waals surface area contributed by atoms with Gasteiger partial charge >= 0.3 is 0 Å². The molecule has 0 saturated carbocycles. The molecule has 2 aromatic rings. The Morgan fingerprint density at radius 1 is 0.852 bits per heavy atom. The number of anilines is 3. The van der Waals surface area contributed by atoms with Crippen LogP contribution in [0.1, 0.15) is 5.56 Å². The van der Waals surface area contributed by atoms with Crippen molar-refractivity contribution in [1.82, 2.24) is 9.97 Å². The number of rotatable bonds is 3. The number of hydrogen-bond acceptors (Lipinski definition) is 7. The fourth-order valence-corrected chi connectivity index (χ4v) is 3.55. The lowest BCUT2D eigenvalue weighted by Gasteiger charge is -2.37. The van der Waals surface area contributed by atoms with Crippen molar-refractivity contribution in [3.05, 3.63) is 42.0 Å². The number of nitriles is 1. The summed E-state index contributed by atoms with van der Waals surface area (Å²) in [7, 11) is 0. The zero-order valence-electron chi connectivity index (χ0n) is 15.0. The van der Waals surface area contributed by atoms with Gasteiger partial charge in [0.05, 0.1) is 13.2 Å². The summed E-state index contributed by atoms with van der Waals surface area (Å²) >= 11 is 0. The van der Waals surface area contributed by atoms with E-state index < -0.39 is 0 Å². The summed E-state index contributed by atoms with van der Waals surface area (Å²) in [5.41, 5.74) is 1.53. The third kappa shape index (κ3) is 3.64. The number of piperazine rings is 1. The molecule has 140 valence electrons. The average Bonchev–Trinajstić information content (AvgIpc) is 2.74. The molecule has 3 heterocycles. The van der Waals surface area contributed by atoms with Crippen LogP contribution in [0.25, 0.3) is 0 Å². The molecule has 0 radical (unpaired) electrons. The molecule has 0 spiro atoms. The van der Waals surface area contributed by atoms with Gasteiger partial charge in [0.2, 0.25) is 0 Å². The standard InChI is InChI=1S/C19H21FN6O/c20-15-1-3-16(4-2-15)24-5-7-25(8-6-24)18-17(13-21)19(23-14-22-18)26-9-11-27-12-10-26/h1-4,14H,5-12H2. The Balaban J connectivity index is 1.51. The van der Waals surface area contributed by atoms with Crippen LogP contribution >= 0.6 is 0 Å². The molecule has 27 heavy (non-hydrogen) atoms. The topological polar surface area (TPSA) is 68.5 Å². The lowest BCUT2D eigenvalue weighted by molar-refractivity contribution is 0.122. The van der Waals surface area contributed by atoms with Gasteiger partial charge in [0.15, 0.2) is 11.6 Å². The van der Waals surface area contributed by atoms with E-state index in [1.54, 1.807) is 12.1 Å². The van der Waals surface area contributed by atoms with Gasteiger partial charge in [-0.3, -0.25) is 0 Å². The third-order valence-corrected chi connectivity index (χ3v) is 5.00. The zero-order valence-corrected chi connectivity index (χ0v) is 15.0. The minimum absolute atomic E-state index is 0.229. The number of aromatic nitrogens is 2. The lowest BCUT2D eigenvalue weighted by atomic mass is 10.2. The first kappa shape index (κ1) is 17.5.